The van der Waals surface area contributed by atoms with Crippen molar-refractivity contribution in [2.24, 2.45) is 0 Å². The summed E-state index contributed by atoms with van der Waals surface area (Å²) in [5.41, 5.74) is 1.35. The van der Waals surface area contributed by atoms with E-state index in [1.54, 1.807) is 24.3 Å². The van der Waals surface area contributed by atoms with Gasteiger partial charge in [0.1, 0.15) is 5.75 Å². The Morgan fingerprint density at radius 1 is 1.15 bits per heavy atom. The number of amides is 1. The summed E-state index contributed by atoms with van der Waals surface area (Å²) in [6.45, 7) is -0.388. The number of rotatable bonds is 8. The second kappa shape index (κ2) is 10.3. The van der Waals surface area contributed by atoms with Gasteiger partial charge in [-0.05, 0) is 29.8 Å². The Balaban J connectivity index is 1.74. The molecule has 2 rings (SSSR count). The smallest absolute Gasteiger partial charge is 0.316 e. The van der Waals surface area contributed by atoms with E-state index in [0.29, 0.717) is 27.2 Å². The molecule has 0 bridgehead atoms. The molecule has 0 fully saturated rings. The molecule has 1 N–H and O–H groups in total. The van der Waals surface area contributed by atoms with Crippen LogP contribution in [-0.2, 0) is 20.1 Å². The van der Waals surface area contributed by atoms with Crippen LogP contribution in [0.25, 0.3) is 0 Å². The second-order valence-electron chi connectivity index (χ2n) is 5.14. The quantitative estimate of drug-likeness (QED) is 0.648. The first kappa shape index (κ1) is 20.4. The predicted molar refractivity (Wildman–Crippen MR) is 105 cm³/mol. The van der Waals surface area contributed by atoms with Crippen molar-refractivity contribution in [3.63, 3.8) is 0 Å². The van der Waals surface area contributed by atoms with Gasteiger partial charge in [-0.2, -0.15) is 0 Å². The fraction of sp³-hybridized carbons (Fsp3) is 0.222. The number of esters is 1. The molecule has 0 unspecified atom stereocenters. The van der Waals surface area contributed by atoms with Gasteiger partial charge in [0.15, 0.2) is 6.61 Å². The summed E-state index contributed by atoms with van der Waals surface area (Å²) in [6, 6.07) is 12.3. The largest absolute Gasteiger partial charge is 0.495 e. The first-order valence-corrected chi connectivity index (χ1v) is 9.51. The zero-order valence-electron chi connectivity index (χ0n) is 14.0. The molecule has 0 aliphatic heterocycles. The van der Waals surface area contributed by atoms with E-state index >= 15 is 0 Å². The lowest BCUT2D eigenvalue weighted by Gasteiger charge is -2.11. The van der Waals surface area contributed by atoms with Crippen LogP contribution in [0.3, 0.4) is 0 Å². The number of carbonyl (C=O) groups excluding carboxylic acids is 2. The Morgan fingerprint density at radius 2 is 1.92 bits per heavy atom. The minimum atomic E-state index is -0.477. The third-order valence-electron chi connectivity index (χ3n) is 3.24. The molecule has 0 aliphatic carbocycles. The highest BCUT2D eigenvalue weighted by Crippen LogP contribution is 2.27. The number of anilines is 1. The van der Waals surface area contributed by atoms with E-state index in [0.717, 1.165) is 5.56 Å². The van der Waals surface area contributed by atoms with Crippen molar-refractivity contribution in [2.45, 2.75) is 5.75 Å². The molecule has 2 aromatic rings. The zero-order chi connectivity index (χ0) is 18.9. The number of methoxy groups -OCH3 is 1. The standard InChI is InChI=1S/C18H17Cl2NO4S/c1-24-16-7-6-13(19)8-15(16)21-17(22)9-25-18(23)11-26-10-12-4-2-3-5-14(12)20/h2-8H,9-11H2,1H3,(H,21,22). The molecule has 5 nitrogen and oxygen atoms in total. The molecule has 0 aliphatic rings. The van der Waals surface area contributed by atoms with Gasteiger partial charge in [-0.1, -0.05) is 41.4 Å². The van der Waals surface area contributed by atoms with Crippen molar-refractivity contribution in [1.29, 1.82) is 0 Å². The normalized spacial score (nSPS) is 10.3. The molecular weight excluding hydrogens is 397 g/mol. The third kappa shape index (κ3) is 6.44. The Hall–Kier alpha value is -1.89. The number of carbonyl (C=O) groups is 2. The lowest BCUT2D eigenvalue weighted by Crippen LogP contribution is -2.22. The molecule has 138 valence electrons. The van der Waals surface area contributed by atoms with E-state index in [1.165, 1.54) is 18.9 Å². The molecule has 0 saturated heterocycles. The highest BCUT2D eigenvalue weighted by atomic mass is 35.5. The Labute approximate surface area is 166 Å². The van der Waals surface area contributed by atoms with Crippen LogP contribution in [-0.4, -0.2) is 31.3 Å². The van der Waals surface area contributed by atoms with Crippen molar-refractivity contribution in [3.05, 3.63) is 58.1 Å². The highest BCUT2D eigenvalue weighted by Gasteiger charge is 2.11. The molecule has 0 radical (unpaired) electrons. The number of benzene rings is 2. The summed E-state index contributed by atoms with van der Waals surface area (Å²) in [5, 5.41) is 3.71. The number of ether oxygens (including phenoxy) is 2. The van der Waals surface area contributed by atoms with Crippen molar-refractivity contribution >= 4 is 52.5 Å². The van der Waals surface area contributed by atoms with Crippen LogP contribution in [0.5, 0.6) is 5.75 Å². The maximum atomic E-state index is 11.9. The summed E-state index contributed by atoms with van der Waals surface area (Å²) in [4.78, 5) is 23.7. The van der Waals surface area contributed by atoms with Crippen molar-refractivity contribution in [2.75, 3.05) is 24.8 Å². The van der Waals surface area contributed by atoms with Crippen molar-refractivity contribution in [3.8, 4) is 5.75 Å². The third-order valence-corrected chi connectivity index (χ3v) is 4.79. The number of hydrogen-bond acceptors (Lipinski definition) is 5. The van der Waals surface area contributed by atoms with Gasteiger partial charge < -0.3 is 14.8 Å². The van der Waals surface area contributed by atoms with E-state index in [4.69, 9.17) is 32.7 Å². The number of nitrogens with one attached hydrogen (secondary N) is 1. The fourth-order valence-electron chi connectivity index (χ4n) is 2.01. The monoisotopic (exact) mass is 413 g/mol. The van der Waals surface area contributed by atoms with Crippen LogP contribution in [0, 0.1) is 0 Å². The van der Waals surface area contributed by atoms with E-state index in [9.17, 15) is 9.59 Å². The van der Waals surface area contributed by atoms with Crippen LogP contribution in [0.2, 0.25) is 10.0 Å². The minimum absolute atomic E-state index is 0.124. The molecule has 0 aromatic heterocycles. The van der Waals surface area contributed by atoms with Crippen LogP contribution < -0.4 is 10.1 Å². The van der Waals surface area contributed by atoms with Gasteiger partial charge in [0.2, 0.25) is 0 Å². The summed E-state index contributed by atoms with van der Waals surface area (Å²) >= 11 is 13.3. The first-order chi connectivity index (χ1) is 12.5. The number of hydrogen-bond donors (Lipinski definition) is 1. The molecule has 0 spiro atoms. The lowest BCUT2D eigenvalue weighted by molar-refractivity contribution is -0.144. The molecule has 0 atom stereocenters. The molecule has 2 aromatic carbocycles. The predicted octanol–water partition coefficient (Wildman–Crippen LogP) is 4.42. The lowest BCUT2D eigenvalue weighted by atomic mass is 10.2. The van der Waals surface area contributed by atoms with Crippen molar-refractivity contribution < 1.29 is 19.1 Å². The molecule has 26 heavy (non-hydrogen) atoms. The fourth-order valence-corrected chi connectivity index (χ4v) is 3.29. The maximum Gasteiger partial charge on any atom is 0.316 e. The highest BCUT2D eigenvalue weighted by molar-refractivity contribution is 7.99. The molecular formula is C18H17Cl2NO4S. The van der Waals surface area contributed by atoms with Crippen LogP contribution in [0.1, 0.15) is 5.56 Å². The Morgan fingerprint density at radius 3 is 2.65 bits per heavy atom. The van der Waals surface area contributed by atoms with Crippen molar-refractivity contribution in [1.82, 2.24) is 0 Å². The summed E-state index contributed by atoms with van der Waals surface area (Å²) in [6.07, 6.45) is 0. The molecule has 0 heterocycles. The van der Waals surface area contributed by atoms with Gasteiger partial charge in [0.05, 0.1) is 18.6 Å². The van der Waals surface area contributed by atoms with Gasteiger partial charge in [0, 0.05) is 15.8 Å². The second-order valence-corrected chi connectivity index (χ2v) is 6.97. The molecule has 8 heteroatoms. The van der Waals surface area contributed by atoms with Gasteiger partial charge in [-0.25, -0.2) is 0 Å². The number of halogens is 2. The molecule has 1 amide bonds. The SMILES string of the molecule is COc1ccc(Cl)cc1NC(=O)COC(=O)CSCc1ccccc1Cl. The van der Waals surface area contributed by atoms with E-state index in [2.05, 4.69) is 5.32 Å². The van der Waals surface area contributed by atoms with Crippen LogP contribution >= 0.6 is 35.0 Å². The molecule has 0 saturated carbocycles. The summed E-state index contributed by atoms with van der Waals surface area (Å²) in [5.74, 6) is 0.217. The van der Waals surface area contributed by atoms with Gasteiger partial charge in [-0.15, -0.1) is 11.8 Å². The summed E-state index contributed by atoms with van der Waals surface area (Å²) in [7, 11) is 1.48. The van der Waals surface area contributed by atoms with E-state index in [-0.39, 0.29) is 12.4 Å². The minimum Gasteiger partial charge on any atom is -0.495 e. The zero-order valence-corrected chi connectivity index (χ0v) is 16.3. The maximum absolute atomic E-state index is 11.9. The Kier molecular flexibility index (Phi) is 8.09. The summed E-state index contributed by atoms with van der Waals surface area (Å²) < 4.78 is 10.1. The van der Waals surface area contributed by atoms with Crippen LogP contribution in [0.15, 0.2) is 42.5 Å². The van der Waals surface area contributed by atoms with E-state index < -0.39 is 11.9 Å². The van der Waals surface area contributed by atoms with E-state index in [1.807, 2.05) is 18.2 Å². The average molecular weight is 414 g/mol. The Bertz CT molecular complexity index is 786. The topological polar surface area (TPSA) is 64.6 Å². The van der Waals surface area contributed by atoms with Crippen LogP contribution in [0.4, 0.5) is 5.69 Å². The number of thioether (sulfide) groups is 1. The van der Waals surface area contributed by atoms with Gasteiger partial charge in [0.25, 0.3) is 5.91 Å². The van der Waals surface area contributed by atoms with Gasteiger partial charge >= 0.3 is 5.97 Å². The average Bonchev–Trinajstić information content (AvgIpc) is 2.62. The first-order valence-electron chi connectivity index (χ1n) is 7.59. The van der Waals surface area contributed by atoms with Gasteiger partial charge in [-0.3, -0.25) is 9.59 Å².